The Labute approximate surface area is 711 Å². The normalized spacial score (nSPS) is 14.8. The predicted octanol–water partition coefficient (Wildman–Crippen LogP) is 27.8. The zero-order valence-corrected chi connectivity index (χ0v) is 74.6. The van der Waals surface area contributed by atoms with Crippen LogP contribution in [0, 0.1) is 0 Å². The van der Waals surface area contributed by atoms with Crippen LogP contribution in [0.3, 0.4) is 0 Å². The number of aliphatic hydroxyl groups is 2. The van der Waals surface area contributed by atoms with Crippen LogP contribution in [0.1, 0.15) is 329 Å². The highest BCUT2D eigenvalue weighted by molar-refractivity contribution is 7.47. The number of phosphoric ester groups is 2. The average molecular weight is 1670 g/mol. The van der Waals surface area contributed by atoms with Gasteiger partial charge in [0, 0.05) is 19.3 Å². The molecule has 0 fully saturated rings. The Hall–Kier alpha value is -6.13. The maximum absolute atomic E-state index is 13.0. The monoisotopic (exact) mass is 1670 g/mol. The Morgan fingerprint density at radius 1 is 0.239 bits per heavy atom. The van der Waals surface area contributed by atoms with Crippen molar-refractivity contribution >= 4 is 33.6 Å². The Balaban J connectivity index is 4.63. The fraction of sp³-hybridized carbons (Fsp3) is 0.606. The topological polar surface area (TPSA) is 231 Å². The number of carbonyl (C=O) groups excluding carboxylic acids is 3. The summed E-state index contributed by atoms with van der Waals surface area (Å²) >= 11 is 0. The van der Waals surface area contributed by atoms with Crippen LogP contribution in [0.4, 0.5) is 0 Å². The van der Waals surface area contributed by atoms with Crippen LogP contribution in [-0.2, 0) is 55.8 Å². The summed E-state index contributed by atoms with van der Waals surface area (Å²) in [6, 6.07) is 0. The fourth-order valence-corrected chi connectivity index (χ4v) is 13.1. The highest BCUT2D eigenvalue weighted by Crippen LogP contribution is 2.45. The van der Waals surface area contributed by atoms with Crippen molar-refractivity contribution in [2.45, 2.75) is 347 Å². The van der Waals surface area contributed by atoms with Gasteiger partial charge in [0.15, 0.2) is 6.10 Å². The van der Waals surface area contributed by atoms with E-state index in [2.05, 4.69) is 221 Å². The number of esters is 3. The van der Waals surface area contributed by atoms with Crippen molar-refractivity contribution in [1.82, 2.24) is 0 Å². The molecule has 662 valence electrons. The molecule has 0 rings (SSSR count). The summed E-state index contributed by atoms with van der Waals surface area (Å²) in [4.78, 5) is 58.9. The average Bonchev–Trinajstić information content (AvgIpc) is 0.891. The molecule has 0 heterocycles. The molecule has 0 saturated heterocycles. The van der Waals surface area contributed by atoms with Gasteiger partial charge in [-0.15, -0.1) is 0 Å². The Bertz CT molecular complexity index is 3010. The first-order valence-electron chi connectivity index (χ1n) is 45.0. The highest BCUT2D eigenvalue weighted by Gasteiger charge is 2.29. The van der Waals surface area contributed by atoms with E-state index in [4.69, 9.17) is 32.3 Å². The molecule has 16 nitrogen and oxygen atoms in total. The molecule has 0 aromatic carbocycles. The van der Waals surface area contributed by atoms with E-state index in [1.807, 2.05) is 18.2 Å². The summed E-state index contributed by atoms with van der Waals surface area (Å²) in [6.45, 7) is 2.25. The highest BCUT2D eigenvalue weighted by atomic mass is 31.2. The first kappa shape index (κ1) is 111. The number of allylic oxidation sites excluding steroid dienone is 36. The molecule has 0 aromatic rings. The van der Waals surface area contributed by atoms with Crippen LogP contribution in [-0.4, -0.2) is 95.9 Å². The Morgan fingerprint density at radius 2 is 0.444 bits per heavy atom. The molecule has 0 aliphatic rings. The zero-order chi connectivity index (χ0) is 85.1. The van der Waals surface area contributed by atoms with Gasteiger partial charge in [0.05, 0.1) is 26.4 Å². The molecule has 0 amide bonds. The Kier molecular flexibility index (Phi) is 84.5. The van der Waals surface area contributed by atoms with E-state index in [1.54, 1.807) is 0 Å². The number of phosphoric acid groups is 2. The lowest BCUT2D eigenvalue weighted by Gasteiger charge is -2.21. The lowest BCUT2D eigenvalue weighted by atomic mass is 10.0. The number of hydrogen-bond acceptors (Lipinski definition) is 14. The first-order valence-corrected chi connectivity index (χ1v) is 48.0. The molecule has 0 aromatic heterocycles. The SMILES string of the molecule is CC/C=C\C/C=C\C/C=C\C/C=C\C/C=C\C/C=C\CCCCCCCCCCCCCCC(=O)OCC(O)COP(=O)(O)OCC(O)COP(=O)(O)OCC(COC(=O)CCCCCCCCCCCCCC/C=C\C/C=C\C/C=C\C/C=C\C/C=C\C/C=C\CC)OC(=O)CC/C=C\C/C=C\C/C=C\C/C=C\C/C=C\C/C=C\CC. The molecule has 117 heavy (non-hydrogen) atoms. The zero-order valence-electron chi connectivity index (χ0n) is 72.8. The third kappa shape index (κ3) is 90.5. The number of aliphatic hydroxyl groups excluding tert-OH is 2. The van der Waals surface area contributed by atoms with E-state index < -0.39 is 91.5 Å². The van der Waals surface area contributed by atoms with Gasteiger partial charge in [-0.1, -0.05) is 368 Å². The molecule has 5 unspecified atom stereocenters. The van der Waals surface area contributed by atoms with Crippen molar-refractivity contribution in [2.24, 2.45) is 0 Å². The van der Waals surface area contributed by atoms with Crippen LogP contribution in [0.2, 0.25) is 0 Å². The number of unbranched alkanes of at least 4 members (excludes halogenated alkanes) is 24. The quantitative estimate of drug-likeness (QED) is 0.0146. The molecule has 4 N–H and O–H groups in total. The molecule has 0 aliphatic heterocycles. The summed E-state index contributed by atoms with van der Waals surface area (Å²) in [5.74, 6) is -1.69. The first-order chi connectivity index (χ1) is 57.2. The molecule has 0 radical (unpaired) electrons. The maximum atomic E-state index is 13.0. The third-order valence-corrected chi connectivity index (χ3v) is 20.1. The van der Waals surface area contributed by atoms with Gasteiger partial charge in [-0.25, -0.2) is 9.13 Å². The molecule has 0 spiro atoms. The summed E-state index contributed by atoms with van der Waals surface area (Å²) in [7, 11) is -9.85. The van der Waals surface area contributed by atoms with Crippen molar-refractivity contribution in [2.75, 3.05) is 39.6 Å². The molecular weight excluding hydrogens is 1510 g/mol. The summed E-state index contributed by atoms with van der Waals surface area (Å²) < 4.78 is 61.3. The molecular formula is C99H160O16P2. The van der Waals surface area contributed by atoms with Crippen LogP contribution < -0.4 is 0 Å². The summed E-state index contributed by atoms with van der Waals surface area (Å²) in [6.07, 6.45) is 121. The lowest BCUT2D eigenvalue weighted by Crippen LogP contribution is -2.29. The number of carbonyl (C=O) groups is 3. The third-order valence-electron chi connectivity index (χ3n) is 18.2. The second-order valence-corrected chi connectivity index (χ2v) is 32.2. The minimum absolute atomic E-state index is 0.0283. The summed E-state index contributed by atoms with van der Waals surface area (Å²) in [5.41, 5.74) is 0. The van der Waals surface area contributed by atoms with Crippen molar-refractivity contribution in [3.05, 3.63) is 219 Å². The molecule has 0 bridgehead atoms. The number of ether oxygens (including phenoxy) is 3. The van der Waals surface area contributed by atoms with Gasteiger partial charge < -0.3 is 34.2 Å². The summed E-state index contributed by atoms with van der Waals surface area (Å²) in [5, 5.41) is 20.7. The molecule has 5 atom stereocenters. The Morgan fingerprint density at radius 3 is 0.709 bits per heavy atom. The van der Waals surface area contributed by atoms with Gasteiger partial charge >= 0.3 is 33.6 Å². The van der Waals surface area contributed by atoms with Gasteiger partial charge in [-0.05, 0) is 161 Å². The maximum Gasteiger partial charge on any atom is 0.472 e. The lowest BCUT2D eigenvalue weighted by molar-refractivity contribution is -0.161. The van der Waals surface area contributed by atoms with Crippen molar-refractivity contribution < 1.29 is 75.8 Å². The predicted molar refractivity (Wildman–Crippen MR) is 490 cm³/mol. The van der Waals surface area contributed by atoms with E-state index in [0.29, 0.717) is 25.7 Å². The fourth-order valence-electron chi connectivity index (χ4n) is 11.5. The van der Waals surface area contributed by atoms with Gasteiger partial charge in [0.2, 0.25) is 0 Å². The van der Waals surface area contributed by atoms with E-state index >= 15 is 0 Å². The van der Waals surface area contributed by atoms with Crippen molar-refractivity contribution in [3.8, 4) is 0 Å². The molecule has 0 saturated carbocycles. The standard InChI is InChI=1S/C99H160O16P2/c1-4-7-10-13-16-19-22-25-28-31-34-36-38-40-42-44-46-48-50-52-54-56-59-61-64-67-70-73-76-79-82-85-97(102)109-88-94(100)89-111-116(105,106)112-90-95(101)91-113-117(107,108)114-93-96(115-99(104)87-84-81-78-75-72-69-66-63-58-33-30-27-24-21-18-15-12-9-6-3)92-110-98(103)86-83-80-77-74-71-68-65-62-60-57-55-53-51-49-47-45-43-41-39-37-35-32-29-26-23-20-17-14-11-8-5-2/h7-12,16-21,25-30,34-37,40-43,46-49,58,63,69,72,78,81,94-96,100-101H,4-6,13-15,22-24,31-33,38-39,44-45,50-57,59-62,64-68,70-71,73-77,79-80,82-93H2,1-3H3,(H,105,106)(H,107,108)/b10-7-,11-8-,12-9-,19-16-,20-17-,21-18-,28-25-,29-26-,30-27-,36-34-,37-35-,42-40-,43-41-,48-46-,49-47-,63-58-,72-69-,81-78-. The number of rotatable bonds is 83. The second-order valence-electron chi connectivity index (χ2n) is 29.3. The van der Waals surface area contributed by atoms with E-state index in [9.17, 15) is 43.5 Å². The van der Waals surface area contributed by atoms with Crippen LogP contribution >= 0.6 is 15.6 Å². The molecule has 18 heteroatoms. The van der Waals surface area contributed by atoms with Gasteiger partial charge in [-0.3, -0.25) is 32.5 Å². The minimum Gasteiger partial charge on any atom is -0.463 e. The van der Waals surface area contributed by atoms with E-state index in [1.165, 1.54) is 96.3 Å². The largest absolute Gasteiger partial charge is 0.472 e. The van der Waals surface area contributed by atoms with Crippen molar-refractivity contribution in [3.63, 3.8) is 0 Å². The van der Waals surface area contributed by atoms with Gasteiger partial charge in [0.25, 0.3) is 0 Å². The van der Waals surface area contributed by atoms with Crippen LogP contribution in [0.15, 0.2) is 219 Å². The smallest absolute Gasteiger partial charge is 0.463 e. The van der Waals surface area contributed by atoms with Gasteiger partial charge in [0.1, 0.15) is 25.4 Å². The molecule has 0 aliphatic carbocycles. The number of hydrogen-bond donors (Lipinski definition) is 4. The van der Waals surface area contributed by atoms with E-state index in [0.717, 1.165) is 167 Å². The van der Waals surface area contributed by atoms with Crippen molar-refractivity contribution in [1.29, 1.82) is 0 Å². The second kappa shape index (κ2) is 89.1. The van der Waals surface area contributed by atoms with Crippen LogP contribution in [0.25, 0.3) is 0 Å². The van der Waals surface area contributed by atoms with E-state index in [-0.39, 0.29) is 19.3 Å². The van der Waals surface area contributed by atoms with Crippen LogP contribution in [0.5, 0.6) is 0 Å². The minimum atomic E-state index is -4.97. The van der Waals surface area contributed by atoms with Gasteiger partial charge in [-0.2, -0.15) is 0 Å².